The summed E-state index contributed by atoms with van der Waals surface area (Å²) in [5.41, 5.74) is 8.88. The summed E-state index contributed by atoms with van der Waals surface area (Å²) < 4.78 is 0. The highest BCUT2D eigenvalue weighted by atomic mass is 35.5. The Balaban J connectivity index is 2.13. The zero-order chi connectivity index (χ0) is 17.0. The number of rotatable bonds is 3. The van der Waals surface area contributed by atoms with Crippen LogP contribution in [0.15, 0.2) is 29.4 Å². The molecule has 1 aromatic heterocycles. The molecule has 1 aromatic carbocycles. The minimum Gasteiger partial charge on any atom is -0.396 e. The highest BCUT2D eigenvalue weighted by molar-refractivity contribution is 6.46. The number of halogens is 3. The number of anilines is 1. The Morgan fingerprint density at radius 1 is 1.26 bits per heavy atom. The van der Waals surface area contributed by atoms with Crippen molar-refractivity contribution in [2.24, 2.45) is 5.10 Å². The fraction of sp³-hybridized carbons (Fsp3) is 0. The number of nitrogens with one attached hydrogen (secondary N) is 1. The molecule has 0 aliphatic rings. The lowest BCUT2D eigenvalue weighted by atomic mass is 10.2. The van der Waals surface area contributed by atoms with E-state index in [0.29, 0.717) is 11.1 Å². The van der Waals surface area contributed by atoms with Crippen LogP contribution < -0.4 is 11.2 Å². The fourth-order valence-corrected chi connectivity index (χ4v) is 2.14. The number of carbonyl (C=O) groups excluding carboxylic acids is 1. The molecular formula is C14H8Cl3N5O. The minimum absolute atomic E-state index is 0.0192. The van der Waals surface area contributed by atoms with Gasteiger partial charge in [-0.3, -0.25) is 4.79 Å². The third-order valence-electron chi connectivity index (χ3n) is 2.71. The third kappa shape index (κ3) is 3.90. The van der Waals surface area contributed by atoms with Crippen molar-refractivity contribution in [2.75, 3.05) is 5.73 Å². The Bertz CT molecular complexity index is 828. The molecule has 0 saturated carbocycles. The molecule has 0 radical (unpaired) electrons. The molecule has 2 rings (SSSR count). The van der Waals surface area contributed by atoms with Crippen LogP contribution in [0.5, 0.6) is 0 Å². The molecule has 0 saturated heterocycles. The summed E-state index contributed by atoms with van der Waals surface area (Å²) in [5.74, 6) is -0.690. The molecule has 3 N–H and O–H groups in total. The maximum atomic E-state index is 12.0. The number of hydrogen-bond donors (Lipinski definition) is 2. The van der Waals surface area contributed by atoms with Gasteiger partial charge >= 0.3 is 0 Å². The highest BCUT2D eigenvalue weighted by Crippen LogP contribution is 2.34. The second kappa shape index (κ2) is 7.29. The Hall–Kier alpha value is -2.33. The van der Waals surface area contributed by atoms with Gasteiger partial charge < -0.3 is 5.73 Å². The average Bonchev–Trinajstić information content (AvgIpc) is 2.56. The highest BCUT2D eigenvalue weighted by Gasteiger charge is 2.19. The predicted molar refractivity (Wildman–Crippen MR) is 89.9 cm³/mol. The van der Waals surface area contributed by atoms with Gasteiger partial charge in [0.15, 0.2) is 10.8 Å². The van der Waals surface area contributed by atoms with Gasteiger partial charge in [0.2, 0.25) is 0 Å². The van der Waals surface area contributed by atoms with E-state index in [2.05, 4.69) is 15.5 Å². The van der Waals surface area contributed by atoms with E-state index < -0.39 is 5.91 Å². The molecule has 0 spiro atoms. The normalized spacial score (nSPS) is 10.5. The van der Waals surface area contributed by atoms with Crippen LogP contribution >= 0.6 is 34.8 Å². The van der Waals surface area contributed by atoms with Crippen molar-refractivity contribution >= 4 is 52.6 Å². The molecule has 2 aromatic rings. The molecule has 9 heteroatoms. The van der Waals surface area contributed by atoms with Crippen LogP contribution in [0.1, 0.15) is 21.6 Å². The van der Waals surface area contributed by atoms with Gasteiger partial charge in [-0.25, -0.2) is 10.4 Å². The Morgan fingerprint density at radius 2 is 1.91 bits per heavy atom. The predicted octanol–water partition coefficient (Wildman–Crippen LogP) is 3.26. The molecule has 1 amide bonds. The zero-order valence-electron chi connectivity index (χ0n) is 11.3. The van der Waals surface area contributed by atoms with Crippen LogP contribution in [0.4, 0.5) is 5.69 Å². The van der Waals surface area contributed by atoms with Gasteiger partial charge in [-0.1, -0.05) is 46.9 Å². The third-order valence-corrected chi connectivity index (χ3v) is 3.84. The summed E-state index contributed by atoms with van der Waals surface area (Å²) in [6.07, 6.45) is 1.40. The van der Waals surface area contributed by atoms with Gasteiger partial charge in [-0.05, 0) is 17.7 Å². The lowest BCUT2D eigenvalue weighted by molar-refractivity contribution is 0.0950. The topological polar surface area (TPSA) is 104 Å². The molecule has 0 aliphatic carbocycles. The summed E-state index contributed by atoms with van der Waals surface area (Å²) in [6.45, 7) is 0. The molecule has 0 atom stereocenters. The molecule has 6 nitrogen and oxygen atoms in total. The largest absolute Gasteiger partial charge is 0.396 e. The molecule has 116 valence electrons. The van der Waals surface area contributed by atoms with Crippen LogP contribution in [0.2, 0.25) is 15.2 Å². The Morgan fingerprint density at radius 3 is 2.52 bits per heavy atom. The number of nitrogens with two attached hydrogens (primary N) is 1. The first kappa shape index (κ1) is 17.0. The second-order valence-electron chi connectivity index (χ2n) is 4.23. The Labute approximate surface area is 146 Å². The number of carbonyl (C=O) groups is 1. The first-order valence-corrected chi connectivity index (χ1v) is 7.21. The van der Waals surface area contributed by atoms with E-state index in [1.54, 1.807) is 24.3 Å². The van der Waals surface area contributed by atoms with Gasteiger partial charge in [0.1, 0.15) is 5.02 Å². The Kier molecular flexibility index (Phi) is 5.40. The van der Waals surface area contributed by atoms with Crippen molar-refractivity contribution in [1.29, 1.82) is 5.26 Å². The second-order valence-corrected chi connectivity index (χ2v) is 5.34. The van der Waals surface area contributed by atoms with E-state index in [1.807, 2.05) is 6.07 Å². The number of hydrogen-bond acceptors (Lipinski definition) is 5. The molecular weight excluding hydrogens is 361 g/mol. The SMILES string of the molecule is N#Cc1ccc(/C=N\NC(=O)c2nc(Cl)c(Cl)c(N)c2Cl)cc1. The van der Waals surface area contributed by atoms with Gasteiger partial charge in [0.25, 0.3) is 5.91 Å². The van der Waals surface area contributed by atoms with Crippen LogP contribution in [-0.4, -0.2) is 17.1 Å². The van der Waals surface area contributed by atoms with Crippen molar-refractivity contribution in [3.63, 3.8) is 0 Å². The van der Waals surface area contributed by atoms with E-state index in [1.165, 1.54) is 6.21 Å². The summed E-state index contributed by atoms with van der Waals surface area (Å²) in [4.78, 5) is 15.8. The van der Waals surface area contributed by atoms with Gasteiger partial charge in [-0.2, -0.15) is 10.4 Å². The maximum Gasteiger partial charge on any atom is 0.291 e. The maximum absolute atomic E-state index is 12.0. The lowest BCUT2D eigenvalue weighted by Crippen LogP contribution is -2.20. The van der Waals surface area contributed by atoms with Crippen molar-refractivity contribution in [3.8, 4) is 6.07 Å². The number of aromatic nitrogens is 1. The van der Waals surface area contributed by atoms with Crippen LogP contribution in [-0.2, 0) is 0 Å². The monoisotopic (exact) mass is 367 g/mol. The summed E-state index contributed by atoms with van der Waals surface area (Å²) in [6, 6.07) is 8.61. The van der Waals surface area contributed by atoms with Gasteiger partial charge in [0, 0.05) is 0 Å². The molecule has 0 unspecified atom stereocenters. The smallest absolute Gasteiger partial charge is 0.291 e. The standard InChI is InChI=1S/C14H8Cl3N5O/c15-9-11(19)10(16)13(17)21-12(9)14(23)22-20-6-8-3-1-7(5-18)2-4-8/h1-4,6H,(H2,19,21)(H,22,23)/b20-6-. The summed E-state index contributed by atoms with van der Waals surface area (Å²) in [7, 11) is 0. The van der Waals surface area contributed by atoms with E-state index in [4.69, 9.17) is 45.8 Å². The lowest BCUT2D eigenvalue weighted by Gasteiger charge is -2.07. The molecule has 23 heavy (non-hydrogen) atoms. The van der Waals surface area contributed by atoms with E-state index in [9.17, 15) is 4.79 Å². The van der Waals surface area contributed by atoms with Crippen molar-refractivity contribution in [2.45, 2.75) is 0 Å². The zero-order valence-corrected chi connectivity index (χ0v) is 13.6. The molecule has 1 heterocycles. The number of amides is 1. The fourth-order valence-electron chi connectivity index (χ4n) is 1.54. The van der Waals surface area contributed by atoms with Crippen molar-refractivity contribution in [3.05, 3.63) is 56.3 Å². The first-order valence-electron chi connectivity index (χ1n) is 6.07. The number of nitrogen functional groups attached to an aromatic ring is 1. The number of nitriles is 1. The molecule has 0 bridgehead atoms. The van der Waals surface area contributed by atoms with Crippen molar-refractivity contribution in [1.82, 2.24) is 10.4 Å². The number of hydrazone groups is 1. The molecule has 0 fully saturated rings. The van der Waals surface area contributed by atoms with Crippen LogP contribution in [0, 0.1) is 11.3 Å². The van der Waals surface area contributed by atoms with E-state index >= 15 is 0 Å². The number of nitrogens with zero attached hydrogens (tertiary/aromatic N) is 3. The van der Waals surface area contributed by atoms with Crippen molar-refractivity contribution < 1.29 is 4.79 Å². The summed E-state index contributed by atoms with van der Waals surface area (Å²) in [5, 5.41) is 12.2. The van der Waals surface area contributed by atoms with Crippen LogP contribution in [0.3, 0.4) is 0 Å². The molecule has 0 aliphatic heterocycles. The van der Waals surface area contributed by atoms with Gasteiger partial charge in [0.05, 0.1) is 28.6 Å². The van der Waals surface area contributed by atoms with E-state index in [-0.39, 0.29) is 26.6 Å². The average molecular weight is 369 g/mol. The summed E-state index contributed by atoms with van der Waals surface area (Å²) >= 11 is 17.5. The number of benzene rings is 1. The van der Waals surface area contributed by atoms with E-state index in [0.717, 1.165) is 0 Å². The minimum atomic E-state index is -0.690. The number of pyridine rings is 1. The van der Waals surface area contributed by atoms with Gasteiger partial charge in [-0.15, -0.1) is 0 Å². The first-order chi connectivity index (χ1) is 10.9. The van der Waals surface area contributed by atoms with Crippen LogP contribution in [0.25, 0.3) is 0 Å². The quantitative estimate of drug-likeness (QED) is 0.493.